The van der Waals surface area contributed by atoms with Crippen LogP contribution in [-0.2, 0) is 40.9 Å². The lowest BCUT2D eigenvalue weighted by atomic mass is 9.57. The molecule has 1 aromatic heterocycles. The number of dihydropyridines is 1. The van der Waals surface area contributed by atoms with Crippen LogP contribution in [0, 0.1) is 17.8 Å². The number of benzene rings is 3. The Morgan fingerprint density at radius 2 is 1.83 bits per heavy atom. The highest BCUT2D eigenvalue weighted by atomic mass is 16.5. The highest BCUT2D eigenvalue weighted by Gasteiger charge is 2.47. The Balaban J connectivity index is 1.23. The zero-order chi connectivity index (χ0) is 41.1. The van der Waals surface area contributed by atoms with E-state index in [9.17, 15) is 15.3 Å². The van der Waals surface area contributed by atoms with Crippen LogP contribution in [0.1, 0.15) is 112 Å². The maximum Gasteiger partial charge on any atom is 0.161 e. The second-order valence-electron chi connectivity index (χ2n) is 18.1. The third kappa shape index (κ3) is 8.87. The summed E-state index contributed by atoms with van der Waals surface area (Å²) in [4.78, 5) is 0. The van der Waals surface area contributed by atoms with E-state index in [1.165, 1.54) is 29.5 Å². The van der Waals surface area contributed by atoms with Gasteiger partial charge in [-0.25, -0.2) is 0 Å². The van der Waals surface area contributed by atoms with Crippen molar-refractivity contribution in [3.05, 3.63) is 112 Å². The van der Waals surface area contributed by atoms with E-state index in [2.05, 4.69) is 85.5 Å². The molecule has 9 heteroatoms. The number of hydrogen-bond donors (Lipinski definition) is 5. The summed E-state index contributed by atoms with van der Waals surface area (Å²) in [5.41, 5.74) is 13.9. The van der Waals surface area contributed by atoms with E-state index in [4.69, 9.17) is 19.9 Å². The molecule has 0 amide bonds. The second-order valence-corrected chi connectivity index (χ2v) is 18.1. The number of phenolic OH excluding ortho intramolecular Hbond substituents is 1. The van der Waals surface area contributed by atoms with Crippen molar-refractivity contribution in [2.75, 3.05) is 19.8 Å². The first-order chi connectivity index (χ1) is 28.6. The van der Waals surface area contributed by atoms with Crippen molar-refractivity contribution in [3.8, 4) is 11.5 Å². The molecule has 4 heterocycles. The molecule has 4 bridgehead atoms. The number of aliphatic hydroxyl groups excluding tert-OH is 2. The number of ether oxygens (including phenoxy) is 3. The van der Waals surface area contributed by atoms with Gasteiger partial charge in [-0.1, -0.05) is 76.4 Å². The monoisotopic (exact) mass is 803 g/mol. The van der Waals surface area contributed by atoms with E-state index >= 15 is 0 Å². The van der Waals surface area contributed by atoms with Crippen LogP contribution in [0.3, 0.4) is 0 Å². The van der Waals surface area contributed by atoms with Crippen LogP contribution in [-0.4, -0.2) is 58.1 Å². The molecule has 0 saturated carbocycles. The Kier molecular flexibility index (Phi) is 12.9. The molecule has 3 aromatic carbocycles. The van der Waals surface area contributed by atoms with Gasteiger partial charge in [-0.3, -0.25) is 0 Å². The molecule has 1 saturated heterocycles. The Hall–Kier alpha value is -4.12. The minimum absolute atomic E-state index is 0.0135. The molecule has 4 aliphatic rings. The number of aromatic nitrogens is 1. The molecular formula is C50H65N3O6. The van der Waals surface area contributed by atoms with Gasteiger partial charge in [-0.15, -0.1) is 0 Å². The molecule has 9 nitrogen and oxygen atoms in total. The highest BCUT2D eigenvalue weighted by molar-refractivity contribution is 5.88. The third-order valence-corrected chi connectivity index (χ3v) is 13.9. The van der Waals surface area contributed by atoms with E-state index in [1.54, 1.807) is 6.07 Å². The Morgan fingerprint density at radius 3 is 2.66 bits per heavy atom. The van der Waals surface area contributed by atoms with Crippen molar-refractivity contribution in [2.45, 2.75) is 128 Å². The van der Waals surface area contributed by atoms with Gasteiger partial charge >= 0.3 is 0 Å². The van der Waals surface area contributed by atoms with Crippen molar-refractivity contribution in [1.82, 2.24) is 9.88 Å². The first-order valence-electron chi connectivity index (χ1n) is 22.3. The lowest BCUT2D eigenvalue weighted by Gasteiger charge is -2.49. The average molecular weight is 804 g/mol. The van der Waals surface area contributed by atoms with Gasteiger partial charge in [0.05, 0.1) is 38.2 Å². The van der Waals surface area contributed by atoms with Crippen molar-refractivity contribution < 1.29 is 29.5 Å². The molecule has 316 valence electrons. The maximum atomic E-state index is 11.5. The number of nitrogens with zero attached hydrogens (tertiary/aromatic N) is 1. The van der Waals surface area contributed by atoms with Crippen LogP contribution in [0.4, 0.5) is 0 Å². The molecule has 6 atom stereocenters. The molecule has 0 radical (unpaired) electrons. The fourth-order valence-corrected chi connectivity index (χ4v) is 10.4. The summed E-state index contributed by atoms with van der Waals surface area (Å²) in [6, 6.07) is 17.1. The van der Waals surface area contributed by atoms with Crippen LogP contribution < -0.4 is 15.8 Å². The fourth-order valence-electron chi connectivity index (χ4n) is 10.4. The Bertz CT molecular complexity index is 2160. The second kappa shape index (κ2) is 18.2. The lowest BCUT2D eigenvalue weighted by molar-refractivity contribution is 0.00498. The number of phenols is 1. The van der Waals surface area contributed by atoms with E-state index in [-0.39, 0.29) is 36.6 Å². The molecule has 4 aromatic rings. The lowest BCUT2D eigenvalue weighted by Crippen LogP contribution is -2.47. The quantitative estimate of drug-likeness (QED) is 0.114. The number of aryl methyl sites for hydroxylation is 2. The van der Waals surface area contributed by atoms with Gasteiger partial charge in [-0.2, -0.15) is 0 Å². The first kappa shape index (κ1) is 41.6. The van der Waals surface area contributed by atoms with Gasteiger partial charge in [0, 0.05) is 40.8 Å². The van der Waals surface area contributed by atoms with Gasteiger partial charge in [0.2, 0.25) is 0 Å². The number of fused-ring (bicyclic) bond motifs is 7. The van der Waals surface area contributed by atoms with Crippen molar-refractivity contribution in [1.29, 1.82) is 0 Å². The average Bonchev–Trinajstić information content (AvgIpc) is 3.68. The van der Waals surface area contributed by atoms with Crippen LogP contribution in [0.15, 0.2) is 78.6 Å². The van der Waals surface area contributed by atoms with E-state index in [0.717, 1.165) is 78.4 Å². The minimum Gasteiger partial charge on any atom is -0.504 e. The number of hydrogen-bond acceptors (Lipinski definition) is 8. The van der Waals surface area contributed by atoms with E-state index < -0.39 is 6.10 Å². The molecule has 59 heavy (non-hydrogen) atoms. The molecule has 1 aliphatic carbocycles. The zero-order valence-corrected chi connectivity index (χ0v) is 35.3. The molecule has 6 N–H and O–H groups in total. The summed E-state index contributed by atoms with van der Waals surface area (Å²) in [5, 5.41) is 38.8. The summed E-state index contributed by atoms with van der Waals surface area (Å²) >= 11 is 0. The fraction of sp³-hybridized carbons (Fsp3) is 0.520. The third-order valence-electron chi connectivity index (χ3n) is 13.9. The van der Waals surface area contributed by atoms with Gasteiger partial charge in [-0.05, 0) is 127 Å². The molecule has 8 rings (SSSR count). The summed E-state index contributed by atoms with van der Waals surface area (Å²) in [6.07, 6.45) is 17.3. The van der Waals surface area contributed by atoms with Crippen LogP contribution in [0.2, 0.25) is 0 Å². The maximum absolute atomic E-state index is 11.5. The van der Waals surface area contributed by atoms with Crippen molar-refractivity contribution in [2.24, 2.45) is 23.5 Å². The normalized spacial score (nSPS) is 25.4. The molecule has 1 fully saturated rings. The van der Waals surface area contributed by atoms with Gasteiger partial charge in [0.1, 0.15) is 12.4 Å². The SMILES string of the molecule is CCC(CCC(C)C)CCC1CC(O)CCc2cc(c(O)cc2CO)OCc2cc(C34CCOCC3CCc3ccccc34)cc3cn(cc23)C2=C(C=CC(N)N2)CO1. The smallest absolute Gasteiger partial charge is 0.161 e. The Morgan fingerprint density at radius 1 is 0.983 bits per heavy atom. The minimum atomic E-state index is -0.609. The summed E-state index contributed by atoms with van der Waals surface area (Å²) in [5.74, 6) is 2.85. The highest BCUT2D eigenvalue weighted by Crippen LogP contribution is 2.52. The van der Waals surface area contributed by atoms with Crippen LogP contribution in [0.25, 0.3) is 16.6 Å². The Labute approximate surface area is 350 Å². The van der Waals surface area contributed by atoms with E-state index in [1.807, 2.05) is 12.1 Å². The van der Waals surface area contributed by atoms with Crippen LogP contribution >= 0.6 is 0 Å². The molecule has 6 unspecified atom stereocenters. The summed E-state index contributed by atoms with van der Waals surface area (Å²) < 4.78 is 21.7. The predicted octanol–water partition coefficient (Wildman–Crippen LogP) is 8.62. The van der Waals surface area contributed by atoms with Crippen LogP contribution in [0.5, 0.6) is 11.5 Å². The number of aliphatic hydroxyl groups is 2. The van der Waals surface area contributed by atoms with Gasteiger partial charge < -0.3 is 45.1 Å². The standard InChI is InChI=1S/C50H65N3O6/c1-4-33(10-9-32(2)3)11-17-43-25-42(55)16-13-35-24-47(46(56)23-38(35)28-54)59-30-39-22-41(50-19-20-57-31-40(50)15-12-34-7-5-6-8-45(34)50)21-37-26-53(27-44(37)39)49-36(29-58-43)14-18-48(51)52-49/h5-8,14,18,21-24,26-27,32-33,40,42-43,48,52,54-56H,4,9-13,15-17,19-20,25,28-31,51H2,1-3H3. The van der Waals surface area contributed by atoms with Gasteiger partial charge in [0.15, 0.2) is 11.5 Å². The number of nitrogens with two attached hydrogens (primary N) is 1. The van der Waals surface area contributed by atoms with Crippen molar-refractivity contribution in [3.63, 3.8) is 0 Å². The molecular weight excluding hydrogens is 739 g/mol. The van der Waals surface area contributed by atoms with E-state index in [0.29, 0.717) is 61.5 Å². The zero-order valence-electron chi connectivity index (χ0n) is 35.3. The number of aromatic hydroxyl groups is 1. The largest absolute Gasteiger partial charge is 0.504 e. The predicted molar refractivity (Wildman–Crippen MR) is 234 cm³/mol. The molecule has 3 aliphatic heterocycles. The number of nitrogens with one attached hydrogen (secondary N) is 1. The first-order valence-corrected chi connectivity index (χ1v) is 22.3. The van der Waals surface area contributed by atoms with Crippen molar-refractivity contribution >= 4 is 16.6 Å². The summed E-state index contributed by atoms with van der Waals surface area (Å²) in [7, 11) is 0. The number of rotatable bonds is 9. The summed E-state index contributed by atoms with van der Waals surface area (Å²) in [6.45, 7) is 8.66. The topological polar surface area (TPSA) is 131 Å². The van der Waals surface area contributed by atoms with Gasteiger partial charge in [0.25, 0.3) is 0 Å². The molecule has 0 spiro atoms.